The van der Waals surface area contributed by atoms with Crippen LogP contribution in [0.15, 0.2) is 90.2 Å². The van der Waals surface area contributed by atoms with E-state index in [1.165, 1.54) is 16.9 Å². The van der Waals surface area contributed by atoms with Gasteiger partial charge in [0.25, 0.3) is 11.5 Å². The van der Waals surface area contributed by atoms with Crippen molar-refractivity contribution in [3.8, 4) is 16.8 Å². The van der Waals surface area contributed by atoms with Gasteiger partial charge in [-0.05, 0) is 79.1 Å². The van der Waals surface area contributed by atoms with Gasteiger partial charge >= 0.3 is 0 Å². The normalized spacial score (nSPS) is 11.8. The van der Waals surface area contributed by atoms with Gasteiger partial charge in [-0.15, -0.1) is 5.10 Å². The van der Waals surface area contributed by atoms with Crippen LogP contribution in [0.3, 0.4) is 0 Å². The molecule has 2 N–H and O–H groups in total. The zero-order chi connectivity index (χ0) is 29.8. The number of amides is 2. The molecule has 0 bridgehead atoms. The molecule has 0 aliphatic heterocycles. The lowest BCUT2D eigenvalue weighted by atomic mass is 9.99. The van der Waals surface area contributed by atoms with Gasteiger partial charge in [0, 0.05) is 48.7 Å². The summed E-state index contributed by atoms with van der Waals surface area (Å²) in [6, 6.07) is 16.4. The van der Waals surface area contributed by atoms with Crippen molar-refractivity contribution in [3.05, 3.63) is 112 Å². The van der Waals surface area contributed by atoms with Crippen LogP contribution >= 0.6 is 11.6 Å². The van der Waals surface area contributed by atoms with Crippen LogP contribution in [0.5, 0.6) is 0 Å². The molecule has 12 heteroatoms. The second kappa shape index (κ2) is 12.2. The highest BCUT2D eigenvalue weighted by Gasteiger charge is 2.25. The Kier molecular flexibility index (Phi) is 8.30. The van der Waals surface area contributed by atoms with Crippen molar-refractivity contribution >= 4 is 29.1 Å². The summed E-state index contributed by atoms with van der Waals surface area (Å²) >= 11 is 6.60. The second-order valence-electron chi connectivity index (χ2n) is 10.0. The standard InChI is InChI=1S/C30H29ClN8O3/c1-19(2)38-18-21(5-11-28(38)40)20-4-10-25(31)22(16-20)17-26(35-30(42)27-12-13-33-37(27)3)29(41)34-23-6-8-24(9-7-23)39-15-14-32-36-39/h4-16,18-19,26H,17H2,1-3H3,(H,34,41)(H,35,42). The molecule has 0 aliphatic carbocycles. The molecule has 2 aromatic carbocycles. The van der Waals surface area contributed by atoms with Crippen molar-refractivity contribution in [2.75, 3.05) is 5.32 Å². The Balaban J connectivity index is 1.43. The molecule has 3 aromatic heterocycles. The van der Waals surface area contributed by atoms with Crippen molar-refractivity contribution in [3.63, 3.8) is 0 Å². The molecule has 3 heterocycles. The summed E-state index contributed by atoms with van der Waals surface area (Å²) in [5, 5.41) is 18.0. The topological polar surface area (TPSA) is 129 Å². The summed E-state index contributed by atoms with van der Waals surface area (Å²) in [6.07, 6.45) is 6.72. The Labute approximate surface area is 246 Å². The Bertz CT molecular complexity index is 1780. The predicted octanol–water partition coefficient (Wildman–Crippen LogP) is 4.04. The molecule has 11 nitrogen and oxygen atoms in total. The number of nitrogens with zero attached hydrogens (tertiary/aromatic N) is 6. The molecule has 5 aromatic rings. The van der Waals surface area contributed by atoms with Gasteiger partial charge in [0.05, 0.1) is 18.1 Å². The van der Waals surface area contributed by atoms with Crippen LogP contribution in [0.4, 0.5) is 5.69 Å². The second-order valence-corrected chi connectivity index (χ2v) is 10.4. The largest absolute Gasteiger partial charge is 0.339 e. The first-order valence-electron chi connectivity index (χ1n) is 13.3. The SMILES string of the molecule is CC(C)n1cc(-c2ccc(Cl)c(CC(NC(=O)c3ccnn3C)C(=O)Nc3ccc(-n4ccnn4)cc3)c2)ccc1=O. The minimum absolute atomic E-state index is 0.00945. The number of halogens is 1. The van der Waals surface area contributed by atoms with E-state index >= 15 is 0 Å². The average Bonchev–Trinajstić information content (AvgIpc) is 3.66. The quantitative estimate of drug-likeness (QED) is 0.269. The molecule has 1 atom stereocenters. The van der Waals surface area contributed by atoms with Crippen LogP contribution in [-0.2, 0) is 18.3 Å². The lowest BCUT2D eigenvalue weighted by Crippen LogP contribution is -2.45. The van der Waals surface area contributed by atoms with E-state index in [0.29, 0.717) is 22.0 Å². The molecule has 5 rings (SSSR count). The van der Waals surface area contributed by atoms with Gasteiger partial charge in [0.15, 0.2) is 0 Å². The average molecular weight is 585 g/mol. The summed E-state index contributed by atoms with van der Waals surface area (Å²) in [6.45, 7) is 3.88. The van der Waals surface area contributed by atoms with E-state index in [0.717, 1.165) is 16.8 Å². The number of hydrogen-bond donors (Lipinski definition) is 2. The zero-order valence-electron chi connectivity index (χ0n) is 23.2. The number of hydrogen-bond acceptors (Lipinski definition) is 6. The number of carbonyl (C=O) groups is 2. The van der Waals surface area contributed by atoms with E-state index in [4.69, 9.17) is 11.6 Å². The van der Waals surface area contributed by atoms with Gasteiger partial charge in [0.2, 0.25) is 5.91 Å². The van der Waals surface area contributed by atoms with Crippen molar-refractivity contribution in [1.82, 2.24) is 34.7 Å². The fourth-order valence-corrected chi connectivity index (χ4v) is 4.71. The highest BCUT2D eigenvalue weighted by atomic mass is 35.5. The number of carbonyl (C=O) groups excluding carboxylic acids is 2. The fourth-order valence-electron chi connectivity index (χ4n) is 4.52. The number of rotatable bonds is 9. The number of nitrogens with one attached hydrogen (secondary N) is 2. The first-order valence-corrected chi connectivity index (χ1v) is 13.6. The number of benzene rings is 2. The maximum Gasteiger partial charge on any atom is 0.270 e. The van der Waals surface area contributed by atoms with E-state index in [1.807, 2.05) is 26.0 Å². The van der Waals surface area contributed by atoms with Crippen molar-refractivity contribution in [1.29, 1.82) is 0 Å². The van der Waals surface area contributed by atoms with E-state index in [1.54, 1.807) is 77.4 Å². The highest BCUT2D eigenvalue weighted by molar-refractivity contribution is 6.31. The zero-order valence-corrected chi connectivity index (χ0v) is 24.0. The van der Waals surface area contributed by atoms with E-state index in [9.17, 15) is 14.4 Å². The van der Waals surface area contributed by atoms with Gasteiger partial charge in [-0.3, -0.25) is 19.1 Å². The van der Waals surface area contributed by atoms with Gasteiger partial charge in [-0.1, -0.05) is 22.9 Å². The number of pyridine rings is 1. The van der Waals surface area contributed by atoms with Gasteiger partial charge < -0.3 is 15.2 Å². The maximum atomic E-state index is 13.6. The van der Waals surface area contributed by atoms with Crippen LogP contribution < -0.4 is 16.2 Å². The van der Waals surface area contributed by atoms with Crippen LogP contribution in [0.2, 0.25) is 5.02 Å². The van der Waals surface area contributed by atoms with Crippen LogP contribution in [-0.4, -0.2) is 47.2 Å². The Hall–Kier alpha value is -5.03. The van der Waals surface area contributed by atoms with Gasteiger partial charge in [0.1, 0.15) is 11.7 Å². The van der Waals surface area contributed by atoms with E-state index in [2.05, 4.69) is 26.0 Å². The van der Waals surface area contributed by atoms with Gasteiger partial charge in [-0.25, -0.2) is 4.68 Å². The van der Waals surface area contributed by atoms with E-state index < -0.39 is 17.9 Å². The molecular weight excluding hydrogens is 556 g/mol. The monoisotopic (exact) mass is 584 g/mol. The minimum Gasteiger partial charge on any atom is -0.339 e. The third-order valence-electron chi connectivity index (χ3n) is 6.79. The van der Waals surface area contributed by atoms with E-state index in [-0.39, 0.29) is 18.0 Å². The smallest absolute Gasteiger partial charge is 0.270 e. The fraction of sp³-hybridized carbons (Fsp3) is 0.200. The number of aromatic nitrogens is 6. The Morgan fingerprint density at radius 3 is 2.40 bits per heavy atom. The summed E-state index contributed by atoms with van der Waals surface area (Å²) in [4.78, 5) is 39.0. The third-order valence-corrected chi connectivity index (χ3v) is 7.16. The summed E-state index contributed by atoms with van der Waals surface area (Å²) in [7, 11) is 1.65. The first-order chi connectivity index (χ1) is 20.2. The highest BCUT2D eigenvalue weighted by Crippen LogP contribution is 2.27. The molecule has 0 saturated heterocycles. The van der Waals surface area contributed by atoms with Crippen molar-refractivity contribution in [2.24, 2.45) is 7.05 Å². The van der Waals surface area contributed by atoms with Crippen LogP contribution in [0, 0.1) is 0 Å². The molecule has 0 saturated carbocycles. The first kappa shape index (κ1) is 28.5. The van der Waals surface area contributed by atoms with Crippen LogP contribution in [0.1, 0.15) is 35.9 Å². The summed E-state index contributed by atoms with van der Waals surface area (Å²) in [5.74, 6) is -0.873. The Morgan fingerprint density at radius 2 is 1.74 bits per heavy atom. The summed E-state index contributed by atoms with van der Waals surface area (Å²) in [5.41, 5.74) is 3.84. The number of aryl methyl sites for hydroxylation is 1. The molecule has 0 aliphatic rings. The van der Waals surface area contributed by atoms with Gasteiger partial charge in [-0.2, -0.15) is 5.10 Å². The lowest BCUT2D eigenvalue weighted by molar-refractivity contribution is -0.118. The van der Waals surface area contributed by atoms with Crippen LogP contribution in [0.25, 0.3) is 16.8 Å². The Morgan fingerprint density at radius 1 is 0.976 bits per heavy atom. The molecule has 0 spiro atoms. The van der Waals surface area contributed by atoms with Crippen molar-refractivity contribution in [2.45, 2.75) is 32.4 Å². The molecule has 1 unspecified atom stereocenters. The molecule has 0 fully saturated rings. The minimum atomic E-state index is -0.972. The predicted molar refractivity (Wildman–Crippen MR) is 160 cm³/mol. The molecule has 214 valence electrons. The molecule has 42 heavy (non-hydrogen) atoms. The molecule has 0 radical (unpaired) electrons. The summed E-state index contributed by atoms with van der Waals surface area (Å²) < 4.78 is 4.69. The third kappa shape index (κ3) is 6.31. The lowest BCUT2D eigenvalue weighted by Gasteiger charge is -2.20. The molecular formula is C30H29ClN8O3. The number of anilines is 1. The maximum absolute atomic E-state index is 13.6. The molecule has 2 amide bonds. The van der Waals surface area contributed by atoms with Crippen molar-refractivity contribution < 1.29 is 9.59 Å².